The van der Waals surface area contributed by atoms with E-state index in [1.807, 2.05) is 12.1 Å². The van der Waals surface area contributed by atoms with Crippen LogP contribution in [0.5, 0.6) is 5.75 Å². The fourth-order valence-electron chi connectivity index (χ4n) is 1.65. The van der Waals surface area contributed by atoms with Crippen molar-refractivity contribution in [1.29, 1.82) is 0 Å². The standard InChI is InChI=1S/C14H11BrCl2N2O2/c15-9-2-1-8(12(16)5-9)7-21-10-3-4-11(13(17)6-10)14(18)19-20/h1-6,20H,7H2,(H2,18,19). The second-order valence-corrected chi connectivity index (χ2v) is 5.88. The van der Waals surface area contributed by atoms with Gasteiger partial charge in [0.05, 0.1) is 5.02 Å². The minimum atomic E-state index is -0.0532. The summed E-state index contributed by atoms with van der Waals surface area (Å²) in [5.41, 5.74) is 6.79. The summed E-state index contributed by atoms with van der Waals surface area (Å²) in [6, 6.07) is 10.5. The Labute approximate surface area is 140 Å². The van der Waals surface area contributed by atoms with Gasteiger partial charge in [-0.05, 0) is 30.3 Å². The second-order valence-electron chi connectivity index (χ2n) is 4.15. The van der Waals surface area contributed by atoms with Crippen LogP contribution in [0.4, 0.5) is 0 Å². The van der Waals surface area contributed by atoms with E-state index in [-0.39, 0.29) is 5.84 Å². The molecule has 2 aromatic rings. The fraction of sp³-hybridized carbons (Fsp3) is 0.0714. The van der Waals surface area contributed by atoms with Crippen LogP contribution in [0.25, 0.3) is 0 Å². The highest BCUT2D eigenvalue weighted by Crippen LogP contribution is 2.25. The smallest absolute Gasteiger partial charge is 0.171 e. The minimum absolute atomic E-state index is 0.0532. The van der Waals surface area contributed by atoms with Crippen molar-refractivity contribution < 1.29 is 9.94 Å². The van der Waals surface area contributed by atoms with Gasteiger partial charge in [0.1, 0.15) is 12.4 Å². The topological polar surface area (TPSA) is 67.8 Å². The first kappa shape index (κ1) is 15.9. The number of rotatable bonds is 4. The predicted octanol–water partition coefficient (Wildman–Crippen LogP) is 4.43. The van der Waals surface area contributed by atoms with Crippen LogP contribution in [0.3, 0.4) is 0 Å². The predicted molar refractivity (Wildman–Crippen MR) is 87.4 cm³/mol. The van der Waals surface area contributed by atoms with E-state index in [2.05, 4.69) is 21.1 Å². The maximum Gasteiger partial charge on any atom is 0.171 e. The summed E-state index contributed by atoms with van der Waals surface area (Å²) >= 11 is 15.5. The number of nitrogens with two attached hydrogens (primary N) is 1. The summed E-state index contributed by atoms with van der Waals surface area (Å²) in [7, 11) is 0. The summed E-state index contributed by atoms with van der Waals surface area (Å²) in [4.78, 5) is 0. The quantitative estimate of drug-likeness (QED) is 0.351. The third-order valence-corrected chi connectivity index (χ3v) is 3.89. The van der Waals surface area contributed by atoms with Gasteiger partial charge in [-0.1, -0.05) is 50.4 Å². The molecule has 0 aromatic heterocycles. The number of halogens is 3. The van der Waals surface area contributed by atoms with E-state index < -0.39 is 0 Å². The average Bonchev–Trinajstić information content (AvgIpc) is 2.45. The van der Waals surface area contributed by atoms with Gasteiger partial charge in [0.25, 0.3) is 0 Å². The van der Waals surface area contributed by atoms with E-state index in [4.69, 9.17) is 38.9 Å². The highest BCUT2D eigenvalue weighted by Gasteiger charge is 2.08. The van der Waals surface area contributed by atoms with Crippen LogP contribution in [-0.4, -0.2) is 11.0 Å². The van der Waals surface area contributed by atoms with Crippen LogP contribution >= 0.6 is 39.1 Å². The molecule has 110 valence electrons. The van der Waals surface area contributed by atoms with Crippen LogP contribution in [0.1, 0.15) is 11.1 Å². The van der Waals surface area contributed by atoms with Gasteiger partial charge in [0.2, 0.25) is 0 Å². The first-order valence-electron chi connectivity index (χ1n) is 5.85. The molecule has 0 bridgehead atoms. The second kappa shape index (κ2) is 7.02. The van der Waals surface area contributed by atoms with Gasteiger partial charge in [-0.25, -0.2) is 0 Å². The molecule has 0 aliphatic heterocycles. The zero-order valence-electron chi connectivity index (χ0n) is 10.7. The highest BCUT2D eigenvalue weighted by molar-refractivity contribution is 9.10. The largest absolute Gasteiger partial charge is 0.489 e. The maximum absolute atomic E-state index is 8.64. The van der Waals surface area contributed by atoms with E-state index >= 15 is 0 Å². The summed E-state index contributed by atoms with van der Waals surface area (Å²) in [5, 5.41) is 12.5. The van der Waals surface area contributed by atoms with Crippen molar-refractivity contribution in [2.24, 2.45) is 10.9 Å². The van der Waals surface area contributed by atoms with E-state index in [9.17, 15) is 0 Å². The monoisotopic (exact) mass is 388 g/mol. The molecule has 0 unspecified atom stereocenters. The van der Waals surface area contributed by atoms with Crippen molar-refractivity contribution in [3.05, 3.63) is 62.0 Å². The number of ether oxygens (including phenoxy) is 1. The third-order valence-electron chi connectivity index (χ3n) is 2.73. The van der Waals surface area contributed by atoms with Gasteiger partial charge in [0.15, 0.2) is 5.84 Å². The van der Waals surface area contributed by atoms with Crippen molar-refractivity contribution in [3.8, 4) is 5.75 Å². The molecular formula is C14H11BrCl2N2O2. The van der Waals surface area contributed by atoms with E-state index in [1.54, 1.807) is 24.3 Å². The maximum atomic E-state index is 8.64. The first-order chi connectivity index (χ1) is 10.0. The van der Waals surface area contributed by atoms with Gasteiger partial charge in [-0.15, -0.1) is 0 Å². The molecule has 7 heteroatoms. The van der Waals surface area contributed by atoms with Crippen molar-refractivity contribution in [3.63, 3.8) is 0 Å². The van der Waals surface area contributed by atoms with Crippen molar-refractivity contribution in [1.82, 2.24) is 0 Å². The molecule has 2 rings (SSSR count). The van der Waals surface area contributed by atoms with E-state index in [1.165, 1.54) is 0 Å². The zero-order chi connectivity index (χ0) is 15.4. The Kier molecular flexibility index (Phi) is 5.33. The number of hydrogen-bond acceptors (Lipinski definition) is 3. The normalized spacial score (nSPS) is 11.5. The number of nitrogens with zero attached hydrogens (tertiary/aromatic N) is 1. The lowest BCUT2D eigenvalue weighted by atomic mass is 10.2. The average molecular weight is 390 g/mol. The molecule has 0 fully saturated rings. The molecule has 2 aromatic carbocycles. The fourth-order valence-corrected chi connectivity index (χ4v) is 2.64. The minimum Gasteiger partial charge on any atom is -0.489 e. The molecule has 3 N–H and O–H groups in total. The first-order valence-corrected chi connectivity index (χ1v) is 7.40. The summed E-state index contributed by atoms with van der Waals surface area (Å²) in [6.45, 7) is 0.311. The molecular weight excluding hydrogens is 379 g/mol. The van der Waals surface area contributed by atoms with Crippen molar-refractivity contribution in [2.45, 2.75) is 6.61 Å². The summed E-state index contributed by atoms with van der Waals surface area (Å²) in [5.74, 6) is 0.510. The van der Waals surface area contributed by atoms with Crippen LogP contribution in [-0.2, 0) is 6.61 Å². The number of hydrogen-bond donors (Lipinski definition) is 2. The zero-order valence-corrected chi connectivity index (χ0v) is 13.8. The number of amidine groups is 1. The van der Waals surface area contributed by atoms with Crippen molar-refractivity contribution in [2.75, 3.05) is 0 Å². The molecule has 0 amide bonds. The summed E-state index contributed by atoms with van der Waals surface area (Å²) in [6.07, 6.45) is 0. The highest BCUT2D eigenvalue weighted by atomic mass is 79.9. The SMILES string of the molecule is N/C(=N/O)c1ccc(OCc2ccc(Br)cc2Cl)cc1Cl. The lowest BCUT2D eigenvalue weighted by Crippen LogP contribution is -2.13. The van der Waals surface area contributed by atoms with Crippen LogP contribution in [0.15, 0.2) is 46.0 Å². The van der Waals surface area contributed by atoms with Gasteiger partial charge < -0.3 is 15.7 Å². The van der Waals surface area contributed by atoms with Gasteiger partial charge in [-0.2, -0.15) is 0 Å². The summed E-state index contributed by atoms with van der Waals surface area (Å²) < 4.78 is 6.54. The molecule has 4 nitrogen and oxygen atoms in total. The molecule has 0 saturated heterocycles. The Morgan fingerprint density at radius 1 is 1.19 bits per heavy atom. The lowest BCUT2D eigenvalue weighted by Gasteiger charge is -2.10. The Morgan fingerprint density at radius 2 is 1.95 bits per heavy atom. The molecule has 0 heterocycles. The van der Waals surface area contributed by atoms with Gasteiger partial charge in [-0.3, -0.25) is 0 Å². The molecule has 0 radical (unpaired) electrons. The van der Waals surface area contributed by atoms with E-state index in [0.29, 0.717) is 28.0 Å². The molecule has 0 aliphatic carbocycles. The van der Waals surface area contributed by atoms with Gasteiger partial charge in [0, 0.05) is 20.6 Å². The Bertz CT molecular complexity index is 693. The Morgan fingerprint density at radius 3 is 2.57 bits per heavy atom. The molecule has 0 spiro atoms. The van der Waals surface area contributed by atoms with Crippen LogP contribution in [0.2, 0.25) is 10.0 Å². The van der Waals surface area contributed by atoms with Crippen LogP contribution < -0.4 is 10.5 Å². The van der Waals surface area contributed by atoms with Crippen LogP contribution in [0, 0.1) is 0 Å². The molecule has 21 heavy (non-hydrogen) atoms. The Hall–Kier alpha value is -1.43. The molecule has 0 saturated carbocycles. The Balaban J connectivity index is 2.12. The number of benzene rings is 2. The van der Waals surface area contributed by atoms with Gasteiger partial charge >= 0.3 is 0 Å². The lowest BCUT2D eigenvalue weighted by molar-refractivity contribution is 0.306. The number of oxime groups is 1. The third kappa shape index (κ3) is 4.03. The molecule has 0 atom stereocenters. The van der Waals surface area contributed by atoms with E-state index in [0.717, 1.165) is 10.0 Å². The van der Waals surface area contributed by atoms with Crippen molar-refractivity contribution >= 4 is 45.0 Å². The molecule has 0 aliphatic rings.